The smallest absolute Gasteiger partial charge is 0.227 e. The van der Waals surface area contributed by atoms with Crippen molar-refractivity contribution in [2.45, 2.75) is 38.5 Å². The predicted molar refractivity (Wildman–Crippen MR) is 112 cm³/mol. The van der Waals surface area contributed by atoms with Crippen molar-refractivity contribution in [3.05, 3.63) is 47.7 Å². The van der Waals surface area contributed by atoms with E-state index in [1.165, 1.54) is 25.7 Å². The first-order valence-corrected chi connectivity index (χ1v) is 10.7. The highest BCUT2D eigenvalue weighted by molar-refractivity contribution is 7.13. The summed E-state index contributed by atoms with van der Waals surface area (Å²) in [5.41, 5.74) is 1.98. The Bertz CT molecular complexity index is 899. The van der Waals surface area contributed by atoms with Gasteiger partial charge >= 0.3 is 0 Å². The summed E-state index contributed by atoms with van der Waals surface area (Å²) in [6.07, 6.45) is 5.69. The third kappa shape index (κ3) is 4.59. The first-order chi connectivity index (χ1) is 13.8. The first kappa shape index (κ1) is 18.7. The molecule has 2 aromatic heterocycles. The fraction of sp³-hybridized carbons (Fsp3) is 0.381. The van der Waals surface area contributed by atoms with Crippen molar-refractivity contribution in [2.24, 2.45) is 0 Å². The van der Waals surface area contributed by atoms with Crippen LogP contribution in [0, 0.1) is 0 Å². The maximum atomic E-state index is 12.5. The molecule has 1 aliphatic heterocycles. The van der Waals surface area contributed by atoms with Crippen molar-refractivity contribution in [1.82, 2.24) is 10.1 Å². The largest absolute Gasteiger partial charge is 0.370 e. The molecule has 0 radical (unpaired) electrons. The number of benzene rings is 1. The Kier molecular flexibility index (Phi) is 6.01. The second-order valence-corrected chi connectivity index (χ2v) is 7.90. The number of hydrogen-bond donors (Lipinski definition) is 1. The number of nitrogens with zero attached hydrogens (tertiary/aromatic N) is 3. The SMILES string of the molecule is O=C(CCc1nc(-c2cccs2)no1)Nc1ccccc1N1CCCCCC1. The number of aromatic nitrogens is 2. The highest BCUT2D eigenvalue weighted by Crippen LogP contribution is 2.28. The molecule has 0 atom stereocenters. The number of para-hydroxylation sites is 2. The lowest BCUT2D eigenvalue weighted by Crippen LogP contribution is -2.25. The number of carbonyl (C=O) groups is 1. The lowest BCUT2D eigenvalue weighted by Gasteiger charge is -2.25. The molecule has 1 amide bonds. The molecule has 3 aromatic rings. The minimum atomic E-state index is -0.0434. The molecule has 0 bridgehead atoms. The van der Waals surface area contributed by atoms with Gasteiger partial charge < -0.3 is 14.7 Å². The molecule has 0 spiro atoms. The van der Waals surface area contributed by atoms with E-state index in [0.717, 1.165) is 29.3 Å². The molecule has 1 aromatic carbocycles. The average molecular weight is 397 g/mol. The minimum absolute atomic E-state index is 0.0434. The number of amides is 1. The molecule has 3 heterocycles. The molecule has 28 heavy (non-hydrogen) atoms. The molecule has 4 rings (SSSR count). The molecule has 146 valence electrons. The van der Waals surface area contributed by atoms with Crippen LogP contribution >= 0.6 is 11.3 Å². The van der Waals surface area contributed by atoms with Crippen molar-refractivity contribution in [3.63, 3.8) is 0 Å². The molecule has 0 aliphatic carbocycles. The summed E-state index contributed by atoms with van der Waals surface area (Å²) in [4.78, 5) is 20.2. The fourth-order valence-electron chi connectivity index (χ4n) is 3.46. The zero-order valence-corrected chi connectivity index (χ0v) is 16.6. The fourth-order valence-corrected chi connectivity index (χ4v) is 4.11. The van der Waals surface area contributed by atoms with Gasteiger partial charge in [0.15, 0.2) is 0 Å². The monoisotopic (exact) mass is 396 g/mol. The van der Waals surface area contributed by atoms with Crippen LogP contribution in [0.15, 0.2) is 46.3 Å². The highest BCUT2D eigenvalue weighted by Gasteiger charge is 2.16. The van der Waals surface area contributed by atoms with E-state index in [2.05, 4.69) is 26.4 Å². The van der Waals surface area contributed by atoms with E-state index in [0.29, 0.717) is 24.6 Å². The summed E-state index contributed by atoms with van der Waals surface area (Å²) in [5.74, 6) is 1.02. The van der Waals surface area contributed by atoms with Crippen LogP contribution in [0.3, 0.4) is 0 Å². The van der Waals surface area contributed by atoms with Crippen molar-refractivity contribution in [1.29, 1.82) is 0 Å². The van der Waals surface area contributed by atoms with Crippen molar-refractivity contribution < 1.29 is 9.32 Å². The van der Waals surface area contributed by atoms with Crippen LogP contribution in [0.5, 0.6) is 0 Å². The summed E-state index contributed by atoms with van der Waals surface area (Å²) in [6.45, 7) is 2.08. The van der Waals surface area contributed by atoms with Gasteiger partial charge in [-0.1, -0.05) is 36.2 Å². The van der Waals surface area contributed by atoms with E-state index in [-0.39, 0.29) is 5.91 Å². The van der Waals surface area contributed by atoms with Gasteiger partial charge in [-0.05, 0) is 36.4 Å². The van der Waals surface area contributed by atoms with Crippen molar-refractivity contribution >= 4 is 28.6 Å². The molecule has 1 aliphatic rings. The molecule has 1 N–H and O–H groups in total. The molecule has 6 nitrogen and oxygen atoms in total. The van der Waals surface area contributed by atoms with E-state index in [4.69, 9.17) is 4.52 Å². The second kappa shape index (κ2) is 9.01. The Hall–Kier alpha value is -2.67. The molecule has 0 saturated carbocycles. The quantitative estimate of drug-likeness (QED) is 0.651. The van der Waals surface area contributed by atoms with Gasteiger partial charge in [-0.3, -0.25) is 4.79 Å². The Morgan fingerprint density at radius 1 is 1.11 bits per heavy atom. The molecule has 7 heteroatoms. The van der Waals surface area contributed by atoms with E-state index in [1.807, 2.05) is 35.7 Å². The molecular weight excluding hydrogens is 372 g/mol. The second-order valence-electron chi connectivity index (χ2n) is 6.96. The Morgan fingerprint density at radius 3 is 2.71 bits per heavy atom. The van der Waals surface area contributed by atoms with E-state index < -0.39 is 0 Å². The first-order valence-electron chi connectivity index (χ1n) is 9.80. The van der Waals surface area contributed by atoms with Crippen molar-refractivity contribution in [3.8, 4) is 10.7 Å². The summed E-state index contributed by atoms with van der Waals surface area (Å²) in [6, 6.07) is 12.0. The average Bonchev–Trinajstić information content (AvgIpc) is 3.34. The zero-order chi connectivity index (χ0) is 19.2. The Morgan fingerprint density at radius 2 is 1.93 bits per heavy atom. The van der Waals surface area contributed by atoms with Gasteiger partial charge in [0, 0.05) is 25.9 Å². The van der Waals surface area contributed by atoms with E-state index in [1.54, 1.807) is 11.3 Å². The summed E-state index contributed by atoms with van der Waals surface area (Å²) >= 11 is 1.56. The Labute approximate surface area is 168 Å². The van der Waals surface area contributed by atoms with Crippen molar-refractivity contribution in [2.75, 3.05) is 23.3 Å². The molecule has 0 unspecified atom stereocenters. The summed E-state index contributed by atoms with van der Waals surface area (Å²) < 4.78 is 5.28. The van der Waals surface area contributed by atoms with Gasteiger partial charge in [0.1, 0.15) is 0 Å². The van der Waals surface area contributed by atoms with Gasteiger partial charge in [-0.25, -0.2) is 0 Å². The number of anilines is 2. The maximum Gasteiger partial charge on any atom is 0.227 e. The minimum Gasteiger partial charge on any atom is -0.370 e. The van der Waals surface area contributed by atoms with E-state index >= 15 is 0 Å². The van der Waals surface area contributed by atoms with Gasteiger partial charge in [0.2, 0.25) is 17.6 Å². The van der Waals surface area contributed by atoms with Gasteiger partial charge in [-0.15, -0.1) is 11.3 Å². The molecular formula is C21H24N4O2S. The van der Waals surface area contributed by atoms with Crippen LogP contribution in [-0.2, 0) is 11.2 Å². The van der Waals surface area contributed by atoms with Crippen LogP contribution in [0.4, 0.5) is 11.4 Å². The van der Waals surface area contributed by atoms with Gasteiger partial charge in [0.05, 0.1) is 16.3 Å². The van der Waals surface area contributed by atoms with Gasteiger partial charge in [-0.2, -0.15) is 4.98 Å². The van der Waals surface area contributed by atoms with Crippen LogP contribution in [0.1, 0.15) is 38.0 Å². The predicted octanol–water partition coefficient (Wildman–Crippen LogP) is 4.75. The van der Waals surface area contributed by atoms with Crippen LogP contribution in [-0.4, -0.2) is 29.1 Å². The van der Waals surface area contributed by atoms with Gasteiger partial charge in [0.25, 0.3) is 0 Å². The topological polar surface area (TPSA) is 71.3 Å². The third-order valence-electron chi connectivity index (χ3n) is 4.90. The lowest BCUT2D eigenvalue weighted by molar-refractivity contribution is -0.116. The number of aryl methyl sites for hydroxylation is 1. The van der Waals surface area contributed by atoms with E-state index in [9.17, 15) is 4.79 Å². The van der Waals surface area contributed by atoms with Crippen LogP contribution < -0.4 is 10.2 Å². The number of nitrogens with one attached hydrogen (secondary N) is 1. The number of thiophene rings is 1. The number of carbonyl (C=O) groups excluding carboxylic acids is 1. The van der Waals surface area contributed by atoms with Crippen LogP contribution in [0.25, 0.3) is 10.7 Å². The normalized spacial score (nSPS) is 14.6. The standard InChI is InChI=1S/C21H24N4O2S/c26-19(11-12-20-23-21(24-27-20)18-10-7-15-28-18)22-16-8-3-4-9-17(16)25-13-5-1-2-6-14-25/h3-4,7-10,15H,1-2,5-6,11-14H2,(H,22,26). The lowest BCUT2D eigenvalue weighted by atomic mass is 10.2. The Balaban J connectivity index is 1.36. The number of rotatable bonds is 6. The maximum absolute atomic E-state index is 12.5. The third-order valence-corrected chi connectivity index (χ3v) is 5.77. The number of hydrogen-bond acceptors (Lipinski definition) is 6. The highest BCUT2D eigenvalue weighted by atomic mass is 32.1. The summed E-state index contributed by atoms with van der Waals surface area (Å²) in [7, 11) is 0. The van der Waals surface area contributed by atoms with Crippen LogP contribution in [0.2, 0.25) is 0 Å². The molecule has 1 fully saturated rings. The summed E-state index contributed by atoms with van der Waals surface area (Å²) in [5, 5.41) is 9.03. The molecule has 1 saturated heterocycles. The zero-order valence-electron chi connectivity index (χ0n) is 15.8.